The molecule has 2 N–H and O–H groups in total. The molecule has 0 unspecified atom stereocenters. The zero-order chi connectivity index (χ0) is 21.3. The summed E-state index contributed by atoms with van der Waals surface area (Å²) in [6.45, 7) is 9.67. The highest BCUT2D eigenvalue weighted by molar-refractivity contribution is 7.92. The van der Waals surface area contributed by atoms with E-state index >= 15 is 0 Å². The number of carbonyl (C=O) groups is 1. The molecule has 0 saturated carbocycles. The average Bonchev–Trinajstić information content (AvgIpc) is 2.71. The largest absolute Gasteiger partial charge is 0.494 e. The molecular formula is C21H29N3O4S. The number of hydrogen-bond acceptors (Lipinski definition) is 5. The summed E-state index contributed by atoms with van der Waals surface area (Å²) in [5.74, 6) is 0.370. The van der Waals surface area contributed by atoms with Gasteiger partial charge in [-0.1, -0.05) is 19.9 Å². The van der Waals surface area contributed by atoms with E-state index in [2.05, 4.69) is 28.8 Å². The van der Waals surface area contributed by atoms with Crippen LogP contribution in [0.1, 0.15) is 31.1 Å². The number of nitrogens with zero attached hydrogens (tertiary/aromatic N) is 1. The van der Waals surface area contributed by atoms with Gasteiger partial charge in [0, 0.05) is 24.3 Å². The van der Waals surface area contributed by atoms with Crippen LogP contribution in [-0.4, -0.2) is 52.0 Å². The molecule has 2 aromatic rings. The maximum absolute atomic E-state index is 12.6. The summed E-state index contributed by atoms with van der Waals surface area (Å²) in [7, 11) is -3.77. The summed E-state index contributed by atoms with van der Waals surface area (Å²) in [6, 6.07) is 12.6. The first-order valence-corrected chi connectivity index (χ1v) is 11.2. The van der Waals surface area contributed by atoms with Crippen LogP contribution in [0.2, 0.25) is 0 Å². The third-order valence-electron chi connectivity index (χ3n) is 4.43. The predicted molar refractivity (Wildman–Crippen MR) is 115 cm³/mol. The third-order valence-corrected chi connectivity index (χ3v) is 5.83. The Labute approximate surface area is 173 Å². The average molecular weight is 420 g/mol. The van der Waals surface area contributed by atoms with Gasteiger partial charge in [0.25, 0.3) is 15.9 Å². The topological polar surface area (TPSA) is 87.7 Å². The lowest BCUT2D eigenvalue weighted by molar-refractivity contribution is 0.0949. The van der Waals surface area contributed by atoms with Crippen molar-refractivity contribution < 1.29 is 17.9 Å². The van der Waals surface area contributed by atoms with E-state index in [9.17, 15) is 13.2 Å². The first kappa shape index (κ1) is 22.7. The standard InChI is InChI=1S/C21H29N3O4S/c1-4-24(5-2)15-14-22-21(25)17-8-7-9-18(16-17)23-29(26,27)20-12-10-19(11-13-20)28-6-3/h7-13,16,23H,4-6,14-15H2,1-3H3,(H,22,25). The zero-order valence-electron chi connectivity index (χ0n) is 17.1. The highest BCUT2D eigenvalue weighted by Crippen LogP contribution is 2.20. The molecule has 0 aliphatic carbocycles. The normalized spacial score (nSPS) is 11.3. The number of anilines is 1. The summed E-state index contributed by atoms with van der Waals surface area (Å²) in [6.07, 6.45) is 0. The van der Waals surface area contributed by atoms with E-state index in [-0.39, 0.29) is 10.8 Å². The zero-order valence-corrected chi connectivity index (χ0v) is 18.0. The molecule has 0 radical (unpaired) electrons. The number of sulfonamides is 1. The van der Waals surface area contributed by atoms with E-state index in [4.69, 9.17) is 4.74 Å². The van der Waals surface area contributed by atoms with Crippen LogP contribution in [0.5, 0.6) is 5.75 Å². The van der Waals surface area contributed by atoms with Crippen LogP contribution in [0.3, 0.4) is 0 Å². The minimum Gasteiger partial charge on any atom is -0.494 e. The Balaban J connectivity index is 2.03. The van der Waals surface area contributed by atoms with Crippen LogP contribution in [0.4, 0.5) is 5.69 Å². The molecule has 0 aromatic heterocycles. The van der Waals surface area contributed by atoms with Crippen LogP contribution in [0.25, 0.3) is 0 Å². The molecule has 0 aliphatic rings. The van der Waals surface area contributed by atoms with Gasteiger partial charge in [-0.05, 0) is 62.5 Å². The predicted octanol–water partition coefficient (Wildman–Crippen LogP) is 2.96. The molecule has 2 aromatic carbocycles. The van der Waals surface area contributed by atoms with Crippen molar-refractivity contribution in [3.8, 4) is 5.75 Å². The highest BCUT2D eigenvalue weighted by Gasteiger charge is 2.15. The molecule has 0 saturated heterocycles. The molecule has 29 heavy (non-hydrogen) atoms. The maximum atomic E-state index is 12.6. The number of benzene rings is 2. The van der Waals surface area contributed by atoms with Crippen molar-refractivity contribution in [2.75, 3.05) is 37.5 Å². The van der Waals surface area contributed by atoms with Crippen LogP contribution < -0.4 is 14.8 Å². The Kier molecular flexibility index (Phi) is 8.48. The number of hydrogen-bond donors (Lipinski definition) is 2. The van der Waals surface area contributed by atoms with Gasteiger partial charge in [0.05, 0.1) is 11.5 Å². The Morgan fingerprint density at radius 1 is 1.03 bits per heavy atom. The summed E-state index contributed by atoms with van der Waals surface area (Å²) >= 11 is 0. The second-order valence-electron chi connectivity index (χ2n) is 6.37. The number of likely N-dealkylation sites (N-methyl/N-ethyl adjacent to an activating group) is 1. The minimum atomic E-state index is -3.77. The van der Waals surface area contributed by atoms with Gasteiger partial charge >= 0.3 is 0 Å². The van der Waals surface area contributed by atoms with Crippen LogP contribution >= 0.6 is 0 Å². The fourth-order valence-corrected chi connectivity index (χ4v) is 3.84. The fourth-order valence-electron chi connectivity index (χ4n) is 2.79. The molecule has 7 nitrogen and oxygen atoms in total. The first-order chi connectivity index (χ1) is 13.9. The fraction of sp³-hybridized carbons (Fsp3) is 0.381. The molecule has 0 bridgehead atoms. The molecule has 0 atom stereocenters. The van der Waals surface area contributed by atoms with Crippen molar-refractivity contribution in [1.82, 2.24) is 10.2 Å². The van der Waals surface area contributed by atoms with Gasteiger partial charge < -0.3 is 15.0 Å². The van der Waals surface area contributed by atoms with Crippen molar-refractivity contribution in [3.63, 3.8) is 0 Å². The Morgan fingerprint density at radius 2 is 1.72 bits per heavy atom. The second-order valence-corrected chi connectivity index (χ2v) is 8.06. The van der Waals surface area contributed by atoms with Gasteiger partial charge in [0.2, 0.25) is 0 Å². The van der Waals surface area contributed by atoms with Gasteiger partial charge in [0.1, 0.15) is 5.75 Å². The SMILES string of the molecule is CCOc1ccc(S(=O)(=O)Nc2cccc(C(=O)NCCN(CC)CC)c2)cc1. The Morgan fingerprint density at radius 3 is 2.34 bits per heavy atom. The lowest BCUT2D eigenvalue weighted by Gasteiger charge is -2.18. The Hall–Kier alpha value is -2.58. The Bertz CT molecular complexity index is 894. The number of ether oxygens (including phenoxy) is 1. The summed E-state index contributed by atoms with van der Waals surface area (Å²) in [5.41, 5.74) is 0.728. The summed E-state index contributed by atoms with van der Waals surface area (Å²) in [5, 5.41) is 2.87. The van der Waals surface area contributed by atoms with Crippen molar-refractivity contribution in [1.29, 1.82) is 0 Å². The van der Waals surface area contributed by atoms with Gasteiger partial charge in [-0.15, -0.1) is 0 Å². The van der Waals surface area contributed by atoms with E-state index < -0.39 is 10.0 Å². The van der Waals surface area contributed by atoms with Crippen LogP contribution in [-0.2, 0) is 10.0 Å². The molecule has 1 amide bonds. The summed E-state index contributed by atoms with van der Waals surface area (Å²) in [4.78, 5) is 14.7. The minimum absolute atomic E-state index is 0.120. The van der Waals surface area contributed by atoms with E-state index in [1.807, 2.05) is 6.92 Å². The van der Waals surface area contributed by atoms with Crippen molar-refractivity contribution in [3.05, 3.63) is 54.1 Å². The van der Waals surface area contributed by atoms with Crippen molar-refractivity contribution in [2.24, 2.45) is 0 Å². The molecule has 0 aliphatic heterocycles. The van der Waals surface area contributed by atoms with Crippen molar-refractivity contribution >= 4 is 21.6 Å². The van der Waals surface area contributed by atoms with Crippen molar-refractivity contribution in [2.45, 2.75) is 25.7 Å². The van der Waals surface area contributed by atoms with E-state index in [1.165, 1.54) is 18.2 Å². The van der Waals surface area contributed by atoms with Gasteiger partial charge in [0.15, 0.2) is 0 Å². The highest BCUT2D eigenvalue weighted by atomic mass is 32.2. The quantitative estimate of drug-likeness (QED) is 0.585. The lowest BCUT2D eigenvalue weighted by atomic mass is 10.2. The number of carbonyl (C=O) groups excluding carboxylic acids is 1. The molecule has 8 heteroatoms. The number of rotatable bonds is 11. The second kappa shape index (κ2) is 10.8. The maximum Gasteiger partial charge on any atom is 0.261 e. The monoisotopic (exact) mass is 419 g/mol. The smallest absolute Gasteiger partial charge is 0.261 e. The van der Waals surface area contributed by atoms with Gasteiger partial charge in [-0.3, -0.25) is 9.52 Å². The van der Waals surface area contributed by atoms with Crippen LogP contribution in [0, 0.1) is 0 Å². The molecule has 2 rings (SSSR count). The first-order valence-electron chi connectivity index (χ1n) is 9.75. The lowest BCUT2D eigenvalue weighted by Crippen LogP contribution is -2.34. The van der Waals surface area contributed by atoms with E-state index in [1.54, 1.807) is 30.3 Å². The van der Waals surface area contributed by atoms with E-state index in [0.29, 0.717) is 30.2 Å². The van der Waals surface area contributed by atoms with E-state index in [0.717, 1.165) is 19.6 Å². The summed E-state index contributed by atoms with van der Waals surface area (Å²) < 4.78 is 33.1. The van der Waals surface area contributed by atoms with Crippen LogP contribution in [0.15, 0.2) is 53.4 Å². The number of nitrogens with one attached hydrogen (secondary N) is 2. The third kappa shape index (κ3) is 6.76. The molecule has 158 valence electrons. The molecule has 0 spiro atoms. The van der Waals surface area contributed by atoms with Gasteiger partial charge in [-0.2, -0.15) is 0 Å². The van der Waals surface area contributed by atoms with Gasteiger partial charge in [-0.25, -0.2) is 8.42 Å². The molecular weight excluding hydrogens is 390 g/mol. The molecule has 0 fully saturated rings. The number of amides is 1. The molecule has 0 heterocycles.